The molecule has 0 saturated heterocycles. The highest BCUT2D eigenvalue weighted by Gasteiger charge is 2.08. The Hall–Kier alpha value is 0.390. The largest absolute Gasteiger partial charge is 0.298 e. The van der Waals surface area contributed by atoms with Crippen molar-refractivity contribution in [1.82, 2.24) is 0 Å². The SMILES string of the molecule is O=C(CBr)Cc1c(Cl)cccc1I. The lowest BCUT2D eigenvalue weighted by molar-refractivity contribution is -0.115. The monoisotopic (exact) mass is 372 g/mol. The molecule has 1 nitrogen and oxygen atoms in total. The highest BCUT2D eigenvalue weighted by Crippen LogP contribution is 2.22. The quantitative estimate of drug-likeness (QED) is 0.586. The van der Waals surface area contributed by atoms with E-state index in [0.717, 1.165) is 9.13 Å². The fraction of sp³-hybridized carbons (Fsp3) is 0.222. The third-order valence-electron chi connectivity index (χ3n) is 1.58. The van der Waals surface area contributed by atoms with Crippen LogP contribution in [0.25, 0.3) is 0 Å². The summed E-state index contributed by atoms with van der Waals surface area (Å²) in [6.07, 6.45) is 0.406. The average molecular weight is 373 g/mol. The van der Waals surface area contributed by atoms with Gasteiger partial charge in [-0.25, -0.2) is 0 Å². The minimum absolute atomic E-state index is 0.144. The van der Waals surface area contributed by atoms with Gasteiger partial charge in [-0.15, -0.1) is 0 Å². The fourth-order valence-electron chi connectivity index (χ4n) is 0.946. The van der Waals surface area contributed by atoms with Crippen molar-refractivity contribution in [3.05, 3.63) is 32.4 Å². The van der Waals surface area contributed by atoms with Crippen LogP contribution in [0.15, 0.2) is 18.2 Å². The van der Waals surface area contributed by atoms with Gasteiger partial charge in [0.15, 0.2) is 0 Å². The third-order valence-corrected chi connectivity index (χ3v) is 3.57. The summed E-state index contributed by atoms with van der Waals surface area (Å²) in [5, 5.41) is 1.05. The maximum absolute atomic E-state index is 11.2. The van der Waals surface area contributed by atoms with Gasteiger partial charge < -0.3 is 0 Å². The Morgan fingerprint density at radius 3 is 2.77 bits per heavy atom. The number of rotatable bonds is 3. The van der Waals surface area contributed by atoms with Crippen molar-refractivity contribution in [1.29, 1.82) is 0 Å². The highest BCUT2D eigenvalue weighted by atomic mass is 127. The first-order chi connectivity index (χ1) is 6.15. The summed E-state index contributed by atoms with van der Waals surface area (Å²) >= 11 is 11.3. The molecule has 0 heterocycles. The molecule has 0 radical (unpaired) electrons. The zero-order chi connectivity index (χ0) is 9.84. The van der Waals surface area contributed by atoms with Gasteiger partial charge in [0, 0.05) is 15.0 Å². The second kappa shape index (κ2) is 5.32. The number of carbonyl (C=O) groups is 1. The standard InChI is InChI=1S/C9H7BrClIO/c10-5-6(13)4-7-8(11)2-1-3-9(7)12/h1-3H,4-5H2. The molecule has 0 atom stereocenters. The first kappa shape index (κ1) is 11.5. The van der Waals surface area contributed by atoms with E-state index in [2.05, 4.69) is 38.5 Å². The van der Waals surface area contributed by atoms with Crippen LogP contribution >= 0.6 is 50.1 Å². The van der Waals surface area contributed by atoms with E-state index in [-0.39, 0.29) is 5.78 Å². The number of ketones is 1. The van der Waals surface area contributed by atoms with Crippen molar-refractivity contribution in [2.45, 2.75) is 6.42 Å². The zero-order valence-corrected chi connectivity index (χ0v) is 11.2. The predicted octanol–water partition coefficient (Wildman–Crippen LogP) is 3.45. The van der Waals surface area contributed by atoms with Crippen molar-refractivity contribution in [2.75, 3.05) is 5.33 Å². The first-order valence-electron chi connectivity index (χ1n) is 3.65. The van der Waals surface area contributed by atoms with Crippen molar-refractivity contribution in [2.24, 2.45) is 0 Å². The van der Waals surface area contributed by atoms with Crippen molar-refractivity contribution >= 4 is 55.9 Å². The number of alkyl halides is 1. The van der Waals surface area contributed by atoms with Crippen LogP contribution in [0.4, 0.5) is 0 Å². The second-order valence-electron chi connectivity index (χ2n) is 2.55. The number of halogens is 3. The normalized spacial score (nSPS) is 10.1. The minimum atomic E-state index is 0.144. The molecular formula is C9H7BrClIO. The second-order valence-corrected chi connectivity index (χ2v) is 4.68. The molecule has 0 spiro atoms. The van der Waals surface area contributed by atoms with Gasteiger partial charge in [0.05, 0.1) is 5.33 Å². The smallest absolute Gasteiger partial charge is 0.147 e. The molecular weight excluding hydrogens is 366 g/mol. The summed E-state index contributed by atoms with van der Waals surface area (Å²) in [5.74, 6) is 0.144. The molecule has 0 N–H and O–H groups in total. The van der Waals surface area contributed by atoms with E-state index in [9.17, 15) is 4.79 Å². The molecule has 1 aromatic carbocycles. The van der Waals surface area contributed by atoms with Gasteiger partial charge in [-0.3, -0.25) is 4.79 Å². The molecule has 13 heavy (non-hydrogen) atoms. The van der Waals surface area contributed by atoms with E-state index in [0.29, 0.717) is 16.8 Å². The molecule has 0 unspecified atom stereocenters. The molecule has 1 rings (SSSR count). The van der Waals surface area contributed by atoms with Gasteiger partial charge in [-0.1, -0.05) is 33.6 Å². The fourth-order valence-corrected chi connectivity index (χ4v) is 2.23. The molecule has 70 valence electrons. The lowest BCUT2D eigenvalue weighted by Crippen LogP contribution is -2.05. The van der Waals surface area contributed by atoms with Gasteiger partial charge in [0.1, 0.15) is 5.78 Å². The summed E-state index contributed by atoms with van der Waals surface area (Å²) in [4.78, 5) is 11.2. The Balaban J connectivity index is 2.93. The molecule has 0 amide bonds. The van der Waals surface area contributed by atoms with Gasteiger partial charge in [0.25, 0.3) is 0 Å². The van der Waals surface area contributed by atoms with Crippen LogP contribution < -0.4 is 0 Å². The number of hydrogen-bond donors (Lipinski definition) is 0. The van der Waals surface area contributed by atoms with Crippen molar-refractivity contribution in [3.8, 4) is 0 Å². The Bertz CT molecular complexity index is 307. The molecule has 0 saturated carbocycles. The van der Waals surface area contributed by atoms with Crippen LogP contribution in [0.2, 0.25) is 5.02 Å². The van der Waals surface area contributed by atoms with Crippen LogP contribution in [-0.2, 0) is 11.2 Å². The maximum atomic E-state index is 11.2. The molecule has 0 bridgehead atoms. The number of carbonyl (C=O) groups excluding carboxylic acids is 1. The summed E-state index contributed by atoms with van der Waals surface area (Å²) < 4.78 is 1.04. The van der Waals surface area contributed by atoms with E-state index < -0.39 is 0 Å². The van der Waals surface area contributed by atoms with Crippen molar-refractivity contribution < 1.29 is 4.79 Å². The third kappa shape index (κ3) is 3.22. The van der Waals surface area contributed by atoms with E-state index in [4.69, 9.17) is 11.6 Å². The van der Waals surface area contributed by atoms with Crippen LogP contribution in [0.1, 0.15) is 5.56 Å². The first-order valence-corrected chi connectivity index (χ1v) is 6.23. The molecule has 0 aliphatic carbocycles. The highest BCUT2D eigenvalue weighted by molar-refractivity contribution is 14.1. The Labute approximate surface area is 104 Å². The molecule has 0 aromatic heterocycles. The topological polar surface area (TPSA) is 17.1 Å². The van der Waals surface area contributed by atoms with Crippen molar-refractivity contribution in [3.63, 3.8) is 0 Å². The van der Waals surface area contributed by atoms with Gasteiger partial charge in [-0.2, -0.15) is 0 Å². The summed E-state index contributed by atoms with van der Waals surface area (Å²) in [6.45, 7) is 0. The minimum Gasteiger partial charge on any atom is -0.298 e. The van der Waals surface area contributed by atoms with E-state index in [1.807, 2.05) is 12.1 Å². The van der Waals surface area contributed by atoms with Gasteiger partial charge in [-0.05, 0) is 40.3 Å². The number of hydrogen-bond acceptors (Lipinski definition) is 1. The molecule has 0 aliphatic heterocycles. The summed E-state index contributed by atoms with van der Waals surface area (Å²) in [7, 11) is 0. The maximum Gasteiger partial charge on any atom is 0.147 e. The lowest BCUT2D eigenvalue weighted by Gasteiger charge is -2.04. The zero-order valence-electron chi connectivity index (χ0n) is 6.69. The Morgan fingerprint density at radius 1 is 1.54 bits per heavy atom. The van der Waals surface area contributed by atoms with E-state index in [1.54, 1.807) is 6.07 Å². The summed E-state index contributed by atoms with van der Waals surface area (Å²) in [6, 6.07) is 5.63. The number of benzene rings is 1. The predicted molar refractivity (Wildman–Crippen MR) is 66.7 cm³/mol. The Kier molecular flexibility index (Phi) is 4.69. The number of Topliss-reactive ketones (excluding diaryl/α,β-unsaturated/α-hetero) is 1. The average Bonchev–Trinajstić information content (AvgIpc) is 2.11. The van der Waals surface area contributed by atoms with Gasteiger partial charge in [0.2, 0.25) is 0 Å². The van der Waals surface area contributed by atoms with Crippen LogP contribution in [0, 0.1) is 3.57 Å². The lowest BCUT2D eigenvalue weighted by atomic mass is 10.1. The van der Waals surface area contributed by atoms with E-state index >= 15 is 0 Å². The van der Waals surface area contributed by atoms with Gasteiger partial charge >= 0.3 is 0 Å². The van der Waals surface area contributed by atoms with Crippen LogP contribution in [-0.4, -0.2) is 11.1 Å². The summed E-state index contributed by atoms with van der Waals surface area (Å²) in [5.41, 5.74) is 0.925. The van der Waals surface area contributed by atoms with Crippen LogP contribution in [0.5, 0.6) is 0 Å². The molecule has 1 aromatic rings. The van der Waals surface area contributed by atoms with E-state index in [1.165, 1.54) is 0 Å². The molecule has 0 aliphatic rings. The Morgan fingerprint density at radius 2 is 2.23 bits per heavy atom. The molecule has 0 fully saturated rings. The molecule has 4 heteroatoms. The van der Waals surface area contributed by atoms with Crippen LogP contribution in [0.3, 0.4) is 0 Å².